The molecule has 22 heavy (non-hydrogen) atoms. The summed E-state index contributed by atoms with van der Waals surface area (Å²) >= 11 is 0. The molecule has 1 fully saturated rings. The first kappa shape index (κ1) is 14.9. The van der Waals surface area contributed by atoms with Crippen LogP contribution in [0.4, 0.5) is 10.2 Å². The standard InChI is InChI=1S/C17H21FN4/c1-12(2)15-11-16(22-9-7-19-8-10-22)21-17(20-15)13-3-5-14(18)6-4-13/h3-6,11-12,19H,7-10H2,1-2H3. The maximum atomic E-state index is 13.1. The highest BCUT2D eigenvalue weighted by molar-refractivity contribution is 5.58. The molecule has 0 saturated carbocycles. The Bertz CT molecular complexity index is 634. The number of halogens is 1. The number of aromatic nitrogens is 2. The second-order valence-electron chi connectivity index (χ2n) is 5.87. The van der Waals surface area contributed by atoms with Crippen molar-refractivity contribution >= 4 is 5.82 Å². The Morgan fingerprint density at radius 2 is 1.77 bits per heavy atom. The molecule has 0 radical (unpaired) electrons. The maximum Gasteiger partial charge on any atom is 0.161 e. The highest BCUT2D eigenvalue weighted by Crippen LogP contribution is 2.24. The third-order valence-electron chi connectivity index (χ3n) is 3.87. The van der Waals surface area contributed by atoms with E-state index in [1.165, 1.54) is 12.1 Å². The number of hydrogen-bond donors (Lipinski definition) is 1. The first-order chi connectivity index (χ1) is 10.6. The van der Waals surface area contributed by atoms with Crippen LogP contribution >= 0.6 is 0 Å². The van der Waals surface area contributed by atoms with Crippen LogP contribution < -0.4 is 10.2 Å². The predicted octanol–water partition coefficient (Wildman–Crippen LogP) is 2.82. The summed E-state index contributed by atoms with van der Waals surface area (Å²) in [5.74, 6) is 1.70. The molecule has 2 aromatic rings. The van der Waals surface area contributed by atoms with Crippen molar-refractivity contribution in [3.63, 3.8) is 0 Å². The minimum absolute atomic E-state index is 0.244. The zero-order chi connectivity index (χ0) is 15.5. The van der Waals surface area contributed by atoms with Crippen molar-refractivity contribution in [1.82, 2.24) is 15.3 Å². The van der Waals surface area contributed by atoms with Crippen LogP contribution in [0.1, 0.15) is 25.5 Å². The van der Waals surface area contributed by atoms with Gasteiger partial charge in [0.05, 0.1) is 0 Å². The average Bonchev–Trinajstić information content (AvgIpc) is 2.56. The molecule has 5 heteroatoms. The molecule has 1 aromatic heterocycles. The number of nitrogens with zero attached hydrogens (tertiary/aromatic N) is 3. The molecule has 0 aliphatic carbocycles. The zero-order valence-corrected chi connectivity index (χ0v) is 13.0. The molecule has 116 valence electrons. The highest BCUT2D eigenvalue weighted by atomic mass is 19.1. The molecular weight excluding hydrogens is 279 g/mol. The van der Waals surface area contributed by atoms with Crippen molar-refractivity contribution in [1.29, 1.82) is 0 Å². The van der Waals surface area contributed by atoms with Crippen molar-refractivity contribution in [2.75, 3.05) is 31.1 Å². The van der Waals surface area contributed by atoms with Crippen molar-refractivity contribution in [3.8, 4) is 11.4 Å². The monoisotopic (exact) mass is 300 g/mol. The molecule has 0 atom stereocenters. The summed E-state index contributed by atoms with van der Waals surface area (Å²) in [5, 5.41) is 3.35. The van der Waals surface area contributed by atoms with E-state index in [1.807, 2.05) is 0 Å². The number of piperazine rings is 1. The largest absolute Gasteiger partial charge is 0.354 e. The van der Waals surface area contributed by atoms with Crippen molar-refractivity contribution in [3.05, 3.63) is 41.8 Å². The van der Waals surface area contributed by atoms with Crippen LogP contribution in [0.3, 0.4) is 0 Å². The highest BCUT2D eigenvalue weighted by Gasteiger charge is 2.16. The molecule has 0 unspecified atom stereocenters. The van der Waals surface area contributed by atoms with Crippen molar-refractivity contribution in [2.24, 2.45) is 0 Å². The summed E-state index contributed by atoms with van der Waals surface area (Å²) in [6.45, 7) is 8.06. The van der Waals surface area contributed by atoms with Gasteiger partial charge in [-0.25, -0.2) is 14.4 Å². The lowest BCUT2D eigenvalue weighted by atomic mass is 10.1. The maximum absolute atomic E-state index is 13.1. The Morgan fingerprint density at radius 1 is 1.09 bits per heavy atom. The third-order valence-corrected chi connectivity index (χ3v) is 3.87. The minimum Gasteiger partial charge on any atom is -0.354 e. The first-order valence-corrected chi connectivity index (χ1v) is 7.74. The van der Waals surface area contributed by atoms with Gasteiger partial charge in [0.15, 0.2) is 5.82 Å². The number of rotatable bonds is 3. The van der Waals surface area contributed by atoms with Gasteiger partial charge in [0.25, 0.3) is 0 Å². The first-order valence-electron chi connectivity index (χ1n) is 7.74. The lowest BCUT2D eigenvalue weighted by Gasteiger charge is -2.29. The summed E-state index contributed by atoms with van der Waals surface area (Å²) in [6, 6.07) is 8.44. The molecular formula is C17H21FN4. The van der Waals surface area contributed by atoms with Crippen molar-refractivity contribution < 1.29 is 4.39 Å². The van der Waals surface area contributed by atoms with E-state index in [2.05, 4.69) is 35.1 Å². The Morgan fingerprint density at radius 3 is 2.41 bits per heavy atom. The van der Waals surface area contributed by atoms with E-state index in [-0.39, 0.29) is 5.82 Å². The average molecular weight is 300 g/mol. The van der Waals surface area contributed by atoms with E-state index < -0.39 is 0 Å². The summed E-state index contributed by atoms with van der Waals surface area (Å²) in [5.41, 5.74) is 1.86. The third kappa shape index (κ3) is 3.25. The number of benzene rings is 1. The second-order valence-corrected chi connectivity index (χ2v) is 5.87. The molecule has 1 aliphatic rings. The van der Waals surface area contributed by atoms with Gasteiger partial charge in [-0.05, 0) is 30.2 Å². The molecule has 1 aromatic carbocycles. The SMILES string of the molecule is CC(C)c1cc(N2CCNCC2)nc(-c2ccc(F)cc2)n1. The lowest BCUT2D eigenvalue weighted by molar-refractivity contribution is 0.584. The fraction of sp³-hybridized carbons (Fsp3) is 0.412. The van der Waals surface area contributed by atoms with Gasteiger partial charge < -0.3 is 10.2 Å². The molecule has 1 N–H and O–H groups in total. The Labute approximate surface area is 130 Å². The van der Waals surface area contributed by atoms with E-state index in [9.17, 15) is 4.39 Å². The zero-order valence-electron chi connectivity index (χ0n) is 13.0. The number of anilines is 1. The van der Waals surface area contributed by atoms with E-state index >= 15 is 0 Å². The molecule has 1 aliphatic heterocycles. The molecule has 1 saturated heterocycles. The number of nitrogens with one attached hydrogen (secondary N) is 1. The van der Waals surface area contributed by atoms with Crippen LogP contribution in [0.2, 0.25) is 0 Å². The van der Waals surface area contributed by atoms with Gasteiger partial charge in [0.2, 0.25) is 0 Å². The molecule has 0 bridgehead atoms. The van der Waals surface area contributed by atoms with Crippen LogP contribution in [0.15, 0.2) is 30.3 Å². The Kier molecular flexibility index (Phi) is 4.34. The van der Waals surface area contributed by atoms with Gasteiger partial charge in [0, 0.05) is 43.5 Å². The molecule has 2 heterocycles. The summed E-state index contributed by atoms with van der Waals surface area (Å²) in [4.78, 5) is 11.6. The van der Waals surface area contributed by atoms with E-state index in [4.69, 9.17) is 4.98 Å². The van der Waals surface area contributed by atoms with Crippen LogP contribution in [0.25, 0.3) is 11.4 Å². The minimum atomic E-state index is -0.244. The van der Waals surface area contributed by atoms with Crippen molar-refractivity contribution in [2.45, 2.75) is 19.8 Å². The molecule has 3 rings (SSSR count). The Balaban J connectivity index is 2.01. The fourth-order valence-electron chi connectivity index (χ4n) is 2.53. The van der Waals surface area contributed by atoms with Crippen LogP contribution in [-0.4, -0.2) is 36.1 Å². The van der Waals surface area contributed by atoms with E-state index in [0.717, 1.165) is 43.3 Å². The lowest BCUT2D eigenvalue weighted by Crippen LogP contribution is -2.44. The quantitative estimate of drug-likeness (QED) is 0.946. The normalized spacial score (nSPS) is 15.4. The number of hydrogen-bond acceptors (Lipinski definition) is 4. The summed E-state index contributed by atoms with van der Waals surface area (Å²) in [7, 11) is 0. The van der Waals surface area contributed by atoms with Gasteiger partial charge in [-0.1, -0.05) is 13.8 Å². The smallest absolute Gasteiger partial charge is 0.161 e. The van der Waals surface area contributed by atoms with Crippen LogP contribution in [0.5, 0.6) is 0 Å². The topological polar surface area (TPSA) is 41.0 Å². The molecule has 0 amide bonds. The summed E-state index contributed by atoms with van der Waals surface area (Å²) in [6.07, 6.45) is 0. The van der Waals surface area contributed by atoms with Gasteiger partial charge >= 0.3 is 0 Å². The van der Waals surface area contributed by atoms with E-state index in [0.29, 0.717) is 11.7 Å². The van der Waals surface area contributed by atoms with Gasteiger partial charge in [-0.2, -0.15) is 0 Å². The molecule has 0 spiro atoms. The van der Waals surface area contributed by atoms with E-state index in [1.54, 1.807) is 12.1 Å². The van der Waals surface area contributed by atoms with Gasteiger partial charge in [-0.3, -0.25) is 0 Å². The van der Waals surface area contributed by atoms with Crippen LogP contribution in [0, 0.1) is 5.82 Å². The van der Waals surface area contributed by atoms with Gasteiger partial charge in [0.1, 0.15) is 11.6 Å². The Hall–Kier alpha value is -2.01. The second kappa shape index (κ2) is 6.40. The fourth-order valence-corrected chi connectivity index (χ4v) is 2.53. The van der Waals surface area contributed by atoms with Gasteiger partial charge in [-0.15, -0.1) is 0 Å². The predicted molar refractivity (Wildman–Crippen MR) is 86.6 cm³/mol. The van der Waals surface area contributed by atoms with Crippen LogP contribution in [-0.2, 0) is 0 Å². The molecule has 4 nitrogen and oxygen atoms in total. The summed E-state index contributed by atoms with van der Waals surface area (Å²) < 4.78 is 13.1.